The molecule has 0 unspecified atom stereocenters. The molecule has 0 N–H and O–H groups in total. The molecule has 1 aromatic rings. The van der Waals surface area contributed by atoms with Crippen molar-refractivity contribution < 1.29 is 14.0 Å². The van der Waals surface area contributed by atoms with Gasteiger partial charge in [0, 0.05) is 32.6 Å². The van der Waals surface area contributed by atoms with Crippen molar-refractivity contribution in [3.8, 4) is 0 Å². The minimum atomic E-state index is -0.595. The fourth-order valence-corrected chi connectivity index (χ4v) is 7.20. The Kier molecular flexibility index (Phi) is 4.84. The van der Waals surface area contributed by atoms with Crippen molar-refractivity contribution in [2.75, 3.05) is 26.2 Å². The molecule has 4 nitrogen and oxygen atoms in total. The molecule has 4 bridgehead atoms. The van der Waals surface area contributed by atoms with Gasteiger partial charge in [-0.2, -0.15) is 0 Å². The molecule has 4 aliphatic carbocycles. The van der Waals surface area contributed by atoms with E-state index in [0.29, 0.717) is 32.6 Å². The van der Waals surface area contributed by atoms with Crippen molar-refractivity contribution in [1.82, 2.24) is 9.80 Å². The highest BCUT2D eigenvalue weighted by Crippen LogP contribution is 2.61. The topological polar surface area (TPSA) is 40.6 Å². The molecule has 0 aromatic heterocycles. The summed E-state index contributed by atoms with van der Waals surface area (Å²) in [4.78, 5) is 29.3. The van der Waals surface area contributed by atoms with Gasteiger partial charge in [-0.15, -0.1) is 0 Å². The number of hydrogen-bond acceptors (Lipinski definition) is 2. The molecule has 6 rings (SSSR count). The Morgan fingerprint density at radius 2 is 1.52 bits per heavy atom. The molecule has 4 saturated carbocycles. The minimum absolute atomic E-state index is 0.0671. The Bertz CT molecular complexity index is 779. The Labute approximate surface area is 176 Å². The maximum atomic E-state index is 14.1. The summed E-state index contributed by atoms with van der Waals surface area (Å²) in [6.45, 7) is 1.89. The first-order chi connectivity index (χ1) is 13.9. The van der Waals surface area contributed by atoms with E-state index in [9.17, 15) is 14.0 Å². The number of carbonyl (C=O) groups is 2. The number of rotatable bonds is 3. The first-order valence-corrected chi connectivity index (χ1v) is 11.3. The number of nitrogens with zero attached hydrogens (tertiary/aromatic N) is 2. The number of amides is 2. The van der Waals surface area contributed by atoms with Crippen molar-refractivity contribution in [2.45, 2.75) is 44.9 Å². The minimum Gasteiger partial charge on any atom is -0.339 e. The fraction of sp³-hybridized carbons (Fsp3) is 0.652. The van der Waals surface area contributed by atoms with E-state index < -0.39 is 5.82 Å². The maximum absolute atomic E-state index is 14.1. The number of piperazine rings is 1. The molecule has 5 aliphatic rings. The molecule has 1 saturated heterocycles. The first-order valence-electron chi connectivity index (χ1n) is 10.9. The second-order valence-corrected chi connectivity index (χ2v) is 10.3. The average molecular weight is 419 g/mol. The van der Waals surface area contributed by atoms with Crippen LogP contribution in [0, 0.1) is 29.0 Å². The molecule has 1 heterocycles. The molecule has 29 heavy (non-hydrogen) atoms. The maximum Gasteiger partial charge on any atom is 0.258 e. The van der Waals surface area contributed by atoms with Crippen LogP contribution in [-0.2, 0) is 4.79 Å². The van der Waals surface area contributed by atoms with Gasteiger partial charge in [-0.05, 0) is 73.8 Å². The van der Waals surface area contributed by atoms with Gasteiger partial charge >= 0.3 is 0 Å². The zero-order chi connectivity index (χ0) is 20.2. The molecule has 156 valence electrons. The molecule has 1 aromatic carbocycles. The molecular formula is C23H28ClFN2O2. The molecule has 2 amide bonds. The summed E-state index contributed by atoms with van der Waals surface area (Å²) in [5, 5.41) is 0.135. The molecule has 5 fully saturated rings. The van der Waals surface area contributed by atoms with Crippen LogP contribution in [0.5, 0.6) is 0 Å². The SMILES string of the molecule is O=C(CC12CC3CC(CC(C3)C1)C2)N1CCN(C(=O)c2c(F)cccc2Cl)CC1. The third-order valence-electron chi connectivity index (χ3n) is 7.79. The summed E-state index contributed by atoms with van der Waals surface area (Å²) in [7, 11) is 0. The lowest BCUT2D eigenvalue weighted by atomic mass is 9.49. The van der Waals surface area contributed by atoms with Gasteiger partial charge in [0.05, 0.1) is 10.6 Å². The molecule has 1 aliphatic heterocycles. The summed E-state index contributed by atoms with van der Waals surface area (Å²) >= 11 is 6.04. The Morgan fingerprint density at radius 3 is 2.07 bits per heavy atom. The standard InChI is InChI=1S/C23H28ClFN2O2/c24-18-2-1-3-19(25)21(18)22(29)27-6-4-26(5-7-27)20(28)14-23-11-15-8-16(12-23)10-17(9-15)13-23/h1-3,15-17H,4-14H2. The second-order valence-electron chi connectivity index (χ2n) is 9.86. The van der Waals surface area contributed by atoms with Crippen LogP contribution in [0.15, 0.2) is 18.2 Å². The van der Waals surface area contributed by atoms with E-state index in [1.54, 1.807) is 4.90 Å². The number of halogens is 2. The summed E-state index contributed by atoms with van der Waals surface area (Å²) < 4.78 is 14.1. The molecule has 0 atom stereocenters. The van der Waals surface area contributed by atoms with Crippen LogP contribution in [0.3, 0.4) is 0 Å². The van der Waals surface area contributed by atoms with Gasteiger partial charge in [-0.3, -0.25) is 9.59 Å². The largest absolute Gasteiger partial charge is 0.339 e. The second kappa shape index (κ2) is 7.26. The van der Waals surface area contributed by atoms with Crippen molar-refractivity contribution in [3.63, 3.8) is 0 Å². The highest BCUT2D eigenvalue weighted by Gasteiger charge is 2.51. The van der Waals surface area contributed by atoms with Crippen molar-refractivity contribution in [1.29, 1.82) is 0 Å². The monoisotopic (exact) mass is 418 g/mol. The summed E-state index contributed by atoms with van der Waals surface area (Å²) in [6.07, 6.45) is 8.51. The van der Waals surface area contributed by atoms with Crippen LogP contribution >= 0.6 is 11.6 Å². The Balaban J connectivity index is 1.20. The zero-order valence-electron chi connectivity index (χ0n) is 16.7. The van der Waals surface area contributed by atoms with E-state index in [0.717, 1.165) is 17.8 Å². The molecule has 6 heteroatoms. The molecule has 0 radical (unpaired) electrons. The predicted octanol–water partition coefficient (Wildman–Crippen LogP) is 4.37. The van der Waals surface area contributed by atoms with Crippen molar-refractivity contribution in [2.24, 2.45) is 23.2 Å². The highest BCUT2D eigenvalue weighted by molar-refractivity contribution is 6.33. The third-order valence-corrected chi connectivity index (χ3v) is 8.10. The normalized spacial score (nSPS) is 33.2. The smallest absolute Gasteiger partial charge is 0.258 e. The lowest BCUT2D eigenvalue weighted by Crippen LogP contribution is -2.53. The highest BCUT2D eigenvalue weighted by atomic mass is 35.5. The van der Waals surface area contributed by atoms with Crippen LogP contribution in [0.2, 0.25) is 5.02 Å². The Morgan fingerprint density at radius 1 is 0.966 bits per heavy atom. The summed E-state index contributed by atoms with van der Waals surface area (Å²) in [5.74, 6) is 1.78. The predicted molar refractivity (Wildman–Crippen MR) is 109 cm³/mol. The summed E-state index contributed by atoms with van der Waals surface area (Å²) in [6, 6.07) is 4.28. The van der Waals surface area contributed by atoms with Crippen LogP contribution in [0.25, 0.3) is 0 Å². The van der Waals surface area contributed by atoms with Crippen molar-refractivity contribution >= 4 is 23.4 Å². The van der Waals surface area contributed by atoms with E-state index >= 15 is 0 Å². The number of benzene rings is 1. The van der Waals surface area contributed by atoms with Gasteiger partial charge in [0.1, 0.15) is 5.82 Å². The van der Waals surface area contributed by atoms with Crippen LogP contribution in [0.4, 0.5) is 4.39 Å². The van der Waals surface area contributed by atoms with Crippen molar-refractivity contribution in [3.05, 3.63) is 34.6 Å². The number of hydrogen-bond donors (Lipinski definition) is 0. The lowest BCUT2D eigenvalue weighted by molar-refractivity contribution is -0.141. The zero-order valence-corrected chi connectivity index (χ0v) is 17.5. The fourth-order valence-electron chi connectivity index (χ4n) is 6.96. The van der Waals surface area contributed by atoms with Gasteiger partial charge in [0.2, 0.25) is 5.91 Å². The van der Waals surface area contributed by atoms with Gasteiger partial charge in [-0.1, -0.05) is 17.7 Å². The van der Waals surface area contributed by atoms with E-state index in [2.05, 4.69) is 0 Å². The third kappa shape index (κ3) is 3.56. The van der Waals surface area contributed by atoms with Gasteiger partial charge in [0.15, 0.2) is 0 Å². The van der Waals surface area contributed by atoms with Gasteiger partial charge in [0.25, 0.3) is 5.91 Å². The van der Waals surface area contributed by atoms with E-state index in [1.165, 1.54) is 56.7 Å². The van der Waals surface area contributed by atoms with E-state index in [4.69, 9.17) is 11.6 Å². The van der Waals surface area contributed by atoms with Gasteiger partial charge in [-0.25, -0.2) is 4.39 Å². The molecular weight excluding hydrogens is 391 g/mol. The van der Waals surface area contributed by atoms with Crippen LogP contribution < -0.4 is 0 Å². The van der Waals surface area contributed by atoms with E-state index in [-0.39, 0.29) is 27.8 Å². The first kappa shape index (κ1) is 19.3. The average Bonchev–Trinajstić information content (AvgIpc) is 2.66. The Hall–Kier alpha value is -1.62. The van der Waals surface area contributed by atoms with E-state index in [1.807, 2.05) is 4.90 Å². The quantitative estimate of drug-likeness (QED) is 0.731. The van der Waals surface area contributed by atoms with Gasteiger partial charge < -0.3 is 9.80 Å². The van der Waals surface area contributed by atoms with Crippen LogP contribution in [0.1, 0.15) is 55.3 Å². The number of carbonyl (C=O) groups excluding carboxylic acids is 2. The summed E-state index contributed by atoms with van der Waals surface area (Å²) in [5.41, 5.74) is 0.168. The molecule has 0 spiro atoms. The lowest BCUT2D eigenvalue weighted by Gasteiger charge is -2.57. The van der Waals surface area contributed by atoms with Crippen LogP contribution in [-0.4, -0.2) is 47.8 Å².